The van der Waals surface area contributed by atoms with E-state index >= 15 is 0 Å². The van der Waals surface area contributed by atoms with Crippen molar-refractivity contribution in [3.63, 3.8) is 0 Å². The number of carbonyl (C=O) groups excluding carboxylic acids is 3. The number of nitrogens with two attached hydrogens (primary N) is 1. The van der Waals surface area contributed by atoms with Crippen molar-refractivity contribution in [2.45, 2.75) is 27.7 Å². The Balaban J connectivity index is 0.000000363. The highest BCUT2D eigenvalue weighted by atomic mass is 16.3. The van der Waals surface area contributed by atoms with Gasteiger partial charge < -0.3 is 20.4 Å². The normalized spacial score (nSPS) is 9.34. The fraction of sp³-hybridized carbons (Fsp3) is 0.259. The summed E-state index contributed by atoms with van der Waals surface area (Å²) >= 11 is 0. The molecule has 3 N–H and O–H groups in total. The van der Waals surface area contributed by atoms with Crippen LogP contribution in [0, 0.1) is 0 Å². The third-order valence-corrected chi connectivity index (χ3v) is 4.57. The van der Waals surface area contributed by atoms with Crippen molar-refractivity contribution in [2.24, 2.45) is 5.73 Å². The molecule has 0 radical (unpaired) electrons. The number of nitrogens with zero attached hydrogens (tertiary/aromatic N) is 5. The molecule has 0 unspecified atom stereocenters. The number of aromatic nitrogens is 4. The molecule has 3 aromatic heterocycles. The topological polar surface area (TPSA) is 149 Å². The Labute approximate surface area is 222 Å². The lowest BCUT2D eigenvalue weighted by Gasteiger charge is -2.10. The van der Waals surface area contributed by atoms with Crippen LogP contribution in [-0.2, 0) is 0 Å². The van der Waals surface area contributed by atoms with Crippen molar-refractivity contribution >= 4 is 23.8 Å². The zero-order valence-electron chi connectivity index (χ0n) is 22.8. The lowest BCUT2D eigenvalue weighted by molar-refractivity contribution is 0.0827. The van der Waals surface area contributed by atoms with E-state index in [1.807, 2.05) is 27.7 Å². The summed E-state index contributed by atoms with van der Waals surface area (Å²) in [5.41, 5.74) is 8.42. The first-order valence-corrected chi connectivity index (χ1v) is 12.0. The quantitative estimate of drug-likeness (QED) is 0.356. The van der Waals surface area contributed by atoms with Gasteiger partial charge in [0.1, 0.15) is 12.0 Å². The van der Waals surface area contributed by atoms with Crippen molar-refractivity contribution in [1.29, 1.82) is 0 Å². The number of benzene rings is 1. The summed E-state index contributed by atoms with van der Waals surface area (Å²) in [5.74, 6) is -0.238. The summed E-state index contributed by atoms with van der Waals surface area (Å²) in [5, 5.41) is 7.01. The van der Waals surface area contributed by atoms with Gasteiger partial charge in [-0.25, -0.2) is 9.67 Å². The van der Waals surface area contributed by atoms with Gasteiger partial charge >= 0.3 is 0 Å². The Morgan fingerprint density at radius 2 is 1.63 bits per heavy atom. The highest BCUT2D eigenvalue weighted by Crippen LogP contribution is 2.18. The Kier molecular flexibility index (Phi) is 13.2. The molecular formula is C27H35N7O4. The summed E-state index contributed by atoms with van der Waals surface area (Å²) in [4.78, 5) is 42.7. The van der Waals surface area contributed by atoms with Gasteiger partial charge in [-0.05, 0) is 36.4 Å². The number of pyridine rings is 1. The second-order valence-corrected chi connectivity index (χ2v) is 7.13. The Hall–Kier alpha value is -4.80. The van der Waals surface area contributed by atoms with Gasteiger partial charge in [-0.1, -0.05) is 27.7 Å². The number of rotatable bonds is 6. The lowest BCUT2D eigenvalue weighted by Crippen LogP contribution is -2.21. The number of carbonyl (C=O) groups is 3. The molecule has 0 atom stereocenters. The van der Waals surface area contributed by atoms with E-state index in [0.717, 1.165) is 11.3 Å². The Morgan fingerprint density at radius 3 is 2.08 bits per heavy atom. The molecule has 0 aliphatic rings. The highest BCUT2D eigenvalue weighted by molar-refractivity contribution is 5.96. The van der Waals surface area contributed by atoms with Crippen LogP contribution in [0.4, 0.5) is 5.69 Å². The zero-order chi connectivity index (χ0) is 28.7. The van der Waals surface area contributed by atoms with Gasteiger partial charge in [0, 0.05) is 44.7 Å². The van der Waals surface area contributed by atoms with Crippen LogP contribution in [0.2, 0.25) is 0 Å². The average molecular weight is 522 g/mol. The van der Waals surface area contributed by atoms with E-state index in [1.54, 1.807) is 76.1 Å². The lowest BCUT2D eigenvalue weighted by atomic mass is 10.2. The van der Waals surface area contributed by atoms with Gasteiger partial charge in [0.25, 0.3) is 11.8 Å². The van der Waals surface area contributed by atoms with E-state index in [1.165, 1.54) is 15.8 Å². The first-order chi connectivity index (χ1) is 18.3. The molecule has 0 bridgehead atoms. The maximum atomic E-state index is 11.8. The van der Waals surface area contributed by atoms with Gasteiger partial charge in [0.2, 0.25) is 5.89 Å². The smallest absolute Gasteiger partial charge is 0.271 e. The van der Waals surface area contributed by atoms with Gasteiger partial charge in [-0.3, -0.25) is 19.4 Å². The standard InChI is InChI=1S/C14H17N5O2.C9H6N2O2.2C2H6/c1-16-11-8-19(17-12(11)13(15)20)10-6-4-9(5-7-10)14(21)18(2)3;12-5-8-6-13-9(11-8)7-1-3-10-4-2-7;2*1-2/h4-8,16H,1-3H3,(H2,15,20);1-6H;2*1-2H3. The van der Waals surface area contributed by atoms with Crippen LogP contribution in [0.3, 0.4) is 0 Å². The van der Waals surface area contributed by atoms with E-state index in [-0.39, 0.29) is 11.6 Å². The number of nitrogens with one attached hydrogen (secondary N) is 1. The molecule has 0 aliphatic heterocycles. The largest absolute Gasteiger partial charge is 0.444 e. The summed E-state index contributed by atoms with van der Waals surface area (Å²) in [6.45, 7) is 8.00. The molecule has 1 aromatic carbocycles. The third kappa shape index (κ3) is 8.40. The molecule has 2 amide bonds. The summed E-state index contributed by atoms with van der Waals surface area (Å²) in [6.07, 6.45) is 6.92. The third-order valence-electron chi connectivity index (χ3n) is 4.57. The molecule has 3 heterocycles. The van der Waals surface area contributed by atoms with Crippen LogP contribution >= 0.6 is 0 Å². The van der Waals surface area contributed by atoms with Crippen LogP contribution in [0.5, 0.6) is 0 Å². The first-order valence-electron chi connectivity index (χ1n) is 12.0. The molecule has 4 aromatic rings. The van der Waals surface area contributed by atoms with E-state index < -0.39 is 5.91 Å². The van der Waals surface area contributed by atoms with E-state index in [0.29, 0.717) is 29.1 Å². The minimum atomic E-state index is -0.600. The SMILES string of the molecule is CC.CC.CNc1cn(-c2ccc(C(=O)N(C)C)cc2)nc1C(N)=O.O=Cc1coc(-c2ccncc2)n1. The number of aldehydes is 1. The average Bonchev–Trinajstić information content (AvgIpc) is 3.63. The van der Waals surface area contributed by atoms with Gasteiger partial charge in [-0.15, -0.1) is 0 Å². The number of oxazole rings is 1. The van der Waals surface area contributed by atoms with Crippen molar-refractivity contribution in [3.8, 4) is 17.1 Å². The zero-order valence-corrected chi connectivity index (χ0v) is 22.8. The number of hydrogen-bond donors (Lipinski definition) is 2. The summed E-state index contributed by atoms with van der Waals surface area (Å²) < 4.78 is 6.61. The van der Waals surface area contributed by atoms with Crippen molar-refractivity contribution in [3.05, 3.63) is 78.2 Å². The van der Waals surface area contributed by atoms with Gasteiger partial charge in [0.05, 0.1) is 17.6 Å². The minimum Gasteiger partial charge on any atom is -0.444 e. The fourth-order valence-corrected chi connectivity index (χ4v) is 2.85. The van der Waals surface area contributed by atoms with Crippen molar-refractivity contribution < 1.29 is 18.8 Å². The van der Waals surface area contributed by atoms with E-state index in [4.69, 9.17) is 10.2 Å². The van der Waals surface area contributed by atoms with Crippen LogP contribution < -0.4 is 11.1 Å². The second kappa shape index (κ2) is 16.0. The molecule has 0 saturated heterocycles. The molecule has 11 heteroatoms. The number of anilines is 1. The molecule has 4 rings (SSSR count). The molecule has 0 aliphatic carbocycles. The fourth-order valence-electron chi connectivity index (χ4n) is 2.85. The predicted octanol–water partition coefficient (Wildman–Crippen LogP) is 4.32. The highest BCUT2D eigenvalue weighted by Gasteiger charge is 2.14. The van der Waals surface area contributed by atoms with Crippen LogP contribution in [0.15, 0.2) is 65.7 Å². The van der Waals surface area contributed by atoms with Crippen LogP contribution in [0.25, 0.3) is 17.1 Å². The molecule has 202 valence electrons. The minimum absolute atomic E-state index is 0.0734. The molecule has 0 spiro atoms. The number of amides is 2. The van der Waals surface area contributed by atoms with Gasteiger partial charge in [-0.2, -0.15) is 5.10 Å². The van der Waals surface area contributed by atoms with E-state index in [9.17, 15) is 14.4 Å². The molecule has 0 saturated carbocycles. The van der Waals surface area contributed by atoms with Crippen LogP contribution in [-0.4, -0.2) is 63.9 Å². The number of hydrogen-bond acceptors (Lipinski definition) is 8. The monoisotopic (exact) mass is 521 g/mol. The number of primary amides is 1. The van der Waals surface area contributed by atoms with E-state index in [2.05, 4.69) is 20.4 Å². The molecule has 38 heavy (non-hydrogen) atoms. The van der Waals surface area contributed by atoms with Crippen molar-refractivity contribution in [1.82, 2.24) is 24.6 Å². The molecule has 0 fully saturated rings. The Morgan fingerprint density at radius 1 is 1.03 bits per heavy atom. The molecule has 11 nitrogen and oxygen atoms in total. The maximum Gasteiger partial charge on any atom is 0.271 e. The maximum absolute atomic E-state index is 11.8. The van der Waals surface area contributed by atoms with Crippen LogP contribution in [0.1, 0.15) is 59.0 Å². The summed E-state index contributed by atoms with van der Waals surface area (Å²) in [7, 11) is 5.08. The second-order valence-electron chi connectivity index (χ2n) is 7.13. The predicted molar refractivity (Wildman–Crippen MR) is 147 cm³/mol. The Bertz CT molecular complexity index is 1280. The van der Waals surface area contributed by atoms with Gasteiger partial charge in [0.15, 0.2) is 12.0 Å². The molecular weight excluding hydrogens is 486 g/mol. The van der Waals surface area contributed by atoms with Crippen molar-refractivity contribution in [2.75, 3.05) is 26.5 Å². The first kappa shape index (κ1) is 31.2. The summed E-state index contributed by atoms with van der Waals surface area (Å²) in [6, 6.07) is 10.5.